The van der Waals surface area contributed by atoms with Gasteiger partial charge in [0.2, 0.25) is 0 Å². The molecule has 0 N–H and O–H groups in total. The largest absolute Gasteiger partial charge is 0.497 e. The first kappa shape index (κ1) is 13.2. The quantitative estimate of drug-likeness (QED) is 0.829. The monoisotopic (exact) mass is 267 g/mol. The topological polar surface area (TPSA) is 12.5 Å². The molecule has 3 rings (SSSR count). The van der Waals surface area contributed by atoms with Gasteiger partial charge in [-0.2, -0.15) is 0 Å². The van der Waals surface area contributed by atoms with E-state index in [2.05, 4.69) is 59.5 Å². The van der Waals surface area contributed by atoms with E-state index >= 15 is 0 Å². The van der Waals surface area contributed by atoms with Gasteiger partial charge in [0.15, 0.2) is 0 Å². The molecule has 0 amide bonds. The summed E-state index contributed by atoms with van der Waals surface area (Å²) in [6, 6.07) is 19.8. The second-order valence-electron chi connectivity index (χ2n) is 5.39. The van der Waals surface area contributed by atoms with E-state index in [1.807, 2.05) is 0 Å². The summed E-state index contributed by atoms with van der Waals surface area (Å²) in [6.07, 6.45) is 2.53. The Morgan fingerprint density at radius 3 is 2.50 bits per heavy atom. The summed E-state index contributed by atoms with van der Waals surface area (Å²) < 4.78 is 5.24. The van der Waals surface area contributed by atoms with Gasteiger partial charge in [0, 0.05) is 12.6 Å². The lowest BCUT2D eigenvalue weighted by molar-refractivity contribution is 0.248. The van der Waals surface area contributed by atoms with Crippen molar-refractivity contribution in [3.8, 4) is 5.75 Å². The molecule has 1 fully saturated rings. The van der Waals surface area contributed by atoms with E-state index < -0.39 is 0 Å². The molecule has 0 saturated carbocycles. The second-order valence-corrected chi connectivity index (χ2v) is 5.39. The lowest BCUT2D eigenvalue weighted by Crippen LogP contribution is -2.22. The summed E-state index contributed by atoms with van der Waals surface area (Å²) in [7, 11) is 1.71. The van der Waals surface area contributed by atoms with Crippen LogP contribution in [0.5, 0.6) is 5.75 Å². The van der Waals surface area contributed by atoms with E-state index in [9.17, 15) is 0 Å². The Morgan fingerprint density at radius 2 is 1.80 bits per heavy atom. The number of ether oxygens (including phenoxy) is 1. The molecule has 1 atom stereocenters. The van der Waals surface area contributed by atoms with E-state index in [-0.39, 0.29) is 0 Å². The van der Waals surface area contributed by atoms with E-state index in [0.29, 0.717) is 6.04 Å². The van der Waals surface area contributed by atoms with E-state index in [0.717, 1.165) is 12.3 Å². The Hall–Kier alpha value is -1.80. The minimum absolute atomic E-state index is 0.543. The molecule has 0 aliphatic carbocycles. The fraction of sp³-hybridized carbons (Fsp3) is 0.333. The molecule has 1 aliphatic rings. The molecule has 0 bridgehead atoms. The highest BCUT2D eigenvalue weighted by molar-refractivity contribution is 5.29. The molecule has 0 unspecified atom stereocenters. The Labute approximate surface area is 121 Å². The van der Waals surface area contributed by atoms with Gasteiger partial charge < -0.3 is 4.74 Å². The number of hydrogen-bond acceptors (Lipinski definition) is 2. The van der Waals surface area contributed by atoms with Crippen LogP contribution in [0.25, 0.3) is 0 Å². The molecule has 2 aromatic carbocycles. The summed E-state index contributed by atoms with van der Waals surface area (Å²) in [5.74, 6) is 0.932. The van der Waals surface area contributed by atoms with Crippen molar-refractivity contribution in [3.05, 3.63) is 65.7 Å². The van der Waals surface area contributed by atoms with Crippen molar-refractivity contribution in [2.75, 3.05) is 13.7 Å². The van der Waals surface area contributed by atoms with E-state index in [1.54, 1.807) is 7.11 Å². The van der Waals surface area contributed by atoms with Gasteiger partial charge in [-0.1, -0.05) is 42.5 Å². The SMILES string of the molecule is COc1ccc([C@H]2CCCN2Cc2ccccc2)cc1. The van der Waals surface area contributed by atoms with Crippen molar-refractivity contribution in [2.24, 2.45) is 0 Å². The number of benzene rings is 2. The summed E-state index contributed by atoms with van der Waals surface area (Å²) >= 11 is 0. The fourth-order valence-corrected chi connectivity index (χ4v) is 3.04. The molecule has 20 heavy (non-hydrogen) atoms. The number of hydrogen-bond donors (Lipinski definition) is 0. The third kappa shape index (κ3) is 2.86. The number of rotatable bonds is 4. The Kier molecular flexibility index (Phi) is 4.03. The average molecular weight is 267 g/mol. The number of likely N-dealkylation sites (tertiary alicyclic amines) is 1. The summed E-state index contributed by atoms with van der Waals surface area (Å²) in [5, 5.41) is 0. The van der Waals surface area contributed by atoms with Crippen LogP contribution in [0.3, 0.4) is 0 Å². The smallest absolute Gasteiger partial charge is 0.118 e. The lowest BCUT2D eigenvalue weighted by atomic mass is 10.0. The molecule has 0 radical (unpaired) electrons. The van der Waals surface area contributed by atoms with Crippen LogP contribution in [0, 0.1) is 0 Å². The predicted octanol–water partition coefficient (Wildman–Crippen LogP) is 4.03. The Bertz CT molecular complexity index is 535. The van der Waals surface area contributed by atoms with Crippen molar-refractivity contribution < 1.29 is 4.74 Å². The maximum Gasteiger partial charge on any atom is 0.118 e. The molecule has 2 aromatic rings. The minimum atomic E-state index is 0.543. The number of methoxy groups -OCH3 is 1. The maximum absolute atomic E-state index is 5.24. The first-order chi connectivity index (χ1) is 9.86. The van der Waals surface area contributed by atoms with Crippen molar-refractivity contribution in [1.82, 2.24) is 4.90 Å². The van der Waals surface area contributed by atoms with Gasteiger partial charge in [-0.05, 0) is 42.6 Å². The van der Waals surface area contributed by atoms with Gasteiger partial charge in [0.1, 0.15) is 5.75 Å². The average Bonchev–Trinajstić information content (AvgIpc) is 2.96. The molecule has 2 heteroatoms. The summed E-state index contributed by atoms with van der Waals surface area (Å²) in [5.41, 5.74) is 2.80. The summed E-state index contributed by atoms with van der Waals surface area (Å²) in [6.45, 7) is 2.23. The van der Waals surface area contributed by atoms with Gasteiger partial charge >= 0.3 is 0 Å². The van der Waals surface area contributed by atoms with Crippen LogP contribution >= 0.6 is 0 Å². The van der Waals surface area contributed by atoms with Gasteiger partial charge in [0.05, 0.1) is 7.11 Å². The van der Waals surface area contributed by atoms with Crippen LogP contribution in [-0.4, -0.2) is 18.6 Å². The van der Waals surface area contributed by atoms with Crippen LogP contribution in [-0.2, 0) is 6.54 Å². The van der Waals surface area contributed by atoms with Crippen LogP contribution in [0.1, 0.15) is 30.0 Å². The highest BCUT2D eigenvalue weighted by Crippen LogP contribution is 2.33. The molecule has 2 nitrogen and oxygen atoms in total. The zero-order chi connectivity index (χ0) is 13.8. The highest BCUT2D eigenvalue weighted by atomic mass is 16.5. The normalized spacial score (nSPS) is 19.1. The van der Waals surface area contributed by atoms with E-state index in [1.165, 1.54) is 30.5 Å². The first-order valence-electron chi connectivity index (χ1n) is 7.29. The Morgan fingerprint density at radius 1 is 1.05 bits per heavy atom. The van der Waals surface area contributed by atoms with Crippen molar-refractivity contribution >= 4 is 0 Å². The zero-order valence-electron chi connectivity index (χ0n) is 12.0. The van der Waals surface area contributed by atoms with Gasteiger partial charge in [-0.15, -0.1) is 0 Å². The van der Waals surface area contributed by atoms with Gasteiger partial charge in [-0.25, -0.2) is 0 Å². The van der Waals surface area contributed by atoms with Crippen LogP contribution in [0.4, 0.5) is 0 Å². The van der Waals surface area contributed by atoms with Gasteiger partial charge in [-0.3, -0.25) is 4.90 Å². The highest BCUT2D eigenvalue weighted by Gasteiger charge is 2.25. The lowest BCUT2D eigenvalue weighted by Gasteiger charge is -2.25. The van der Waals surface area contributed by atoms with E-state index in [4.69, 9.17) is 4.74 Å². The molecule has 1 heterocycles. The predicted molar refractivity (Wildman–Crippen MR) is 81.8 cm³/mol. The fourth-order valence-electron chi connectivity index (χ4n) is 3.04. The molecule has 0 aromatic heterocycles. The Balaban J connectivity index is 1.74. The standard InChI is InChI=1S/C18H21NO/c1-20-17-11-9-16(10-12-17)18-8-5-13-19(18)14-15-6-3-2-4-7-15/h2-4,6-7,9-12,18H,5,8,13-14H2,1H3/t18-/m1/s1. The molecule has 1 aliphatic heterocycles. The third-order valence-corrected chi connectivity index (χ3v) is 4.09. The van der Waals surface area contributed by atoms with Crippen LogP contribution in [0.2, 0.25) is 0 Å². The third-order valence-electron chi connectivity index (χ3n) is 4.09. The molecule has 1 saturated heterocycles. The molecule has 0 spiro atoms. The second kappa shape index (κ2) is 6.10. The van der Waals surface area contributed by atoms with Crippen molar-refractivity contribution in [2.45, 2.75) is 25.4 Å². The maximum atomic E-state index is 5.24. The first-order valence-corrected chi connectivity index (χ1v) is 7.29. The zero-order valence-corrected chi connectivity index (χ0v) is 12.0. The molecular formula is C18H21NO. The van der Waals surface area contributed by atoms with Crippen molar-refractivity contribution in [1.29, 1.82) is 0 Å². The minimum Gasteiger partial charge on any atom is -0.497 e. The van der Waals surface area contributed by atoms with Crippen LogP contribution in [0.15, 0.2) is 54.6 Å². The number of nitrogens with zero attached hydrogens (tertiary/aromatic N) is 1. The van der Waals surface area contributed by atoms with Gasteiger partial charge in [0.25, 0.3) is 0 Å². The van der Waals surface area contributed by atoms with Crippen molar-refractivity contribution in [3.63, 3.8) is 0 Å². The summed E-state index contributed by atoms with van der Waals surface area (Å²) in [4.78, 5) is 2.58. The molecule has 104 valence electrons. The van der Waals surface area contributed by atoms with Crippen LogP contribution < -0.4 is 4.74 Å². The molecular weight excluding hydrogens is 246 g/mol.